The van der Waals surface area contributed by atoms with Gasteiger partial charge in [0.25, 0.3) is 0 Å². The van der Waals surface area contributed by atoms with Crippen molar-refractivity contribution in [1.82, 2.24) is 0 Å². The van der Waals surface area contributed by atoms with Crippen molar-refractivity contribution in [3.63, 3.8) is 0 Å². The first-order valence-corrected chi connectivity index (χ1v) is 7.54. The summed E-state index contributed by atoms with van der Waals surface area (Å²) in [5, 5.41) is 4.64. The lowest BCUT2D eigenvalue weighted by molar-refractivity contribution is -0.143. The van der Waals surface area contributed by atoms with Gasteiger partial charge in [-0.05, 0) is 52.6 Å². The largest absolute Gasteiger partial charge is 0.466 e. The van der Waals surface area contributed by atoms with Gasteiger partial charge in [-0.1, -0.05) is 36.4 Å². The SMILES string of the molecule is CCOC(=O)CCc1cc2ccc(N)cc2c2ccccc12. The van der Waals surface area contributed by atoms with E-state index in [4.69, 9.17) is 10.5 Å². The van der Waals surface area contributed by atoms with Crippen LogP contribution in [0, 0.1) is 0 Å². The molecule has 0 unspecified atom stereocenters. The first-order chi connectivity index (χ1) is 10.7. The van der Waals surface area contributed by atoms with Crippen LogP contribution in [-0.4, -0.2) is 12.6 Å². The molecule has 0 saturated carbocycles. The van der Waals surface area contributed by atoms with E-state index >= 15 is 0 Å². The number of nitrogens with two attached hydrogens (primary N) is 1. The molecule has 0 atom stereocenters. The summed E-state index contributed by atoms with van der Waals surface area (Å²) < 4.78 is 5.02. The Hall–Kier alpha value is -2.55. The Morgan fingerprint density at radius 1 is 1.05 bits per heavy atom. The van der Waals surface area contributed by atoms with Crippen LogP contribution in [0.4, 0.5) is 5.69 Å². The number of fused-ring (bicyclic) bond motifs is 3. The molecule has 3 heteroatoms. The van der Waals surface area contributed by atoms with Crippen molar-refractivity contribution in [1.29, 1.82) is 0 Å². The predicted molar refractivity (Wildman–Crippen MR) is 90.8 cm³/mol. The number of esters is 1. The fourth-order valence-corrected chi connectivity index (χ4v) is 2.87. The van der Waals surface area contributed by atoms with Crippen LogP contribution in [0.2, 0.25) is 0 Å². The van der Waals surface area contributed by atoms with Crippen molar-refractivity contribution in [2.45, 2.75) is 19.8 Å². The number of anilines is 1. The Morgan fingerprint density at radius 3 is 2.59 bits per heavy atom. The zero-order chi connectivity index (χ0) is 15.5. The van der Waals surface area contributed by atoms with Gasteiger partial charge in [-0.25, -0.2) is 0 Å². The molecule has 3 nitrogen and oxygen atoms in total. The number of ether oxygens (including phenoxy) is 1. The molecule has 0 heterocycles. The zero-order valence-corrected chi connectivity index (χ0v) is 12.6. The van der Waals surface area contributed by atoms with Gasteiger partial charge in [-0.2, -0.15) is 0 Å². The maximum Gasteiger partial charge on any atom is 0.306 e. The Kier molecular flexibility index (Phi) is 3.96. The minimum Gasteiger partial charge on any atom is -0.466 e. The first kappa shape index (κ1) is 14.4. The van der Waals surface area contributed by atoms with Gasteiger partial charge < -0.3 is 10.5 Å². The van der Waals surface area contributed by atoms with Crippen LogP contribution in [0.1, 0.15) is 18.9 Å². The lowest BCUT2D eigenvalue weighted by Gasteiger charge is -2.11. The topological polar surface area (TPSA) is 52.3 Å². The predicted octanol–water partition coefficient (Wildman–Crippen LogP) is 4.07. The second kappa shape index (κ2) is 6.06. The lowest BCUT2D eigenvalue weighted by Crippen LogP contribution is -2.05. The quantitative estimate of drug-likeness (QED) is 0.448. The third kappa shape index (κ3) is 2.75. The van der Waals surface area contributed by atoms with Gasteiger partial charge in [0, 0.05) is 12.1 Å². The van der Waals surface area contributed by atoms with Crippen LogP contribution >= 0.6 is 0 Å². The molecule has 0 radical (unpaired) electrons. The highest BCUT2D eigenvalue weighted by Gasteiger charge is 2.09. The van der Waals surface area contributed by atoms with Crippen molar-refractivity contribution in [2.75, 3.05) is 12.3 Å². The van der Waals surface area contributed by atoms with E-state index in [2.05, 4.69) is 18.2 Å². The standard InChI is InChI=1S/C19H19NO2/c1-2-22-19(21)10-8-13-11-14-7-9-15(20)12-18(14)17-6-4-3-5-16(13)17/h3-7,9,11-12H,2,8,10,20H2,1H3. The van der Waals surface area contributed by atoms with Crippen LogP contribution in [-0.2, 0) is 16.0 Å². The monoisotopic (exact) mass is 293 g/mol. The fourth-order valence-electron chi connectivity index (χ4n) is 2.87. The second-order valence-corrected chi connectivity index (χ2v) is 5.37. The number of carbonyl (C=O) groups excluding carboxylic acids is 1. The van der Waals surface area contributed by atoms with E-state index in [9.17, 15) is 4.79 Å². The van der Waals surface area contributed by atoms with Gasteiger partial charge in [0.15, 0.2) is 0 Å². The van der Waals surface area contributed by atoms with Crippen molar-refractivity contribution in [3.05, 3.63) is 54.1 Å². The Morgan fingerprint density at radius 2 is 1.82 bits per heavy atom. The smallest absolute Gasteiger partial charge is 0.306 e. The van der Waals surface area contributed by atoms with E-state index in [0.717, 1.165) is 16.5 Å². The van der Waals surface area contributed by atoms with E-state index in [1.54, 1.807) is 0 Å². The highest BCUT2D eigenvalue weighted by Crippen LogP contribution is 2.30. The molecule has 112 valence electrons. The Labute approximate surface area is 129 Å². The number of nitrogen functional groups attached to an aromatic ring is 1. The molecule has 2 N–H and O–H groups in total. The second-order valence-electron chi connectivity index (χ2n) is 5.37. The molecule has 0 aliphatic heterocycles. The summed E-state index contributed by atoms with van der Waals surface area (Å²) in [6.07, 6.45) is 1.08. The summed E-state index contributed by atoms with van der Waals surface area (Å²) in [4.78, 5) is 11.6. The molecule has 22 heavy (non-hydrogen) atoms. The molecule has 3 rings (SSSR count). The highest BCUT2D eigenvalue weighted by atomic mass is 16.5. The average Bonchev–Trinajstić information content (AvgIpc) is 2.53. The summed E-state index contributed by atoms with van der Waals surface area (Å²) in [7, 11) is 0. The Balaban J connectivity index is 2.08. The maximum atomic E-state index is 11.6. The van der Waals surface area contributed by atoms with Crippen molar-refractivity contribution in [2.24, 2.45) is 0 Å². The first-order valence-electron chi connectivity index (χ1n) is 7.54. The summed E-state index contributed by atoms with van der Waals surface area (Å²) in [6, 6.07) is 16.3. The molecule has 0 saturated heterocycles. The number of hydrogen-bond donors (Lipinski definition) is 1. The Bertz CT molecular complexity index is 839. The molecule has 0 aliphatic carbocycles. The van der Waals surface area contributed by atoms with Gasteiger partial charge in [-0.3, -0.25) is 4.79 Å². The molecule has 3 aromatic carbocycles. The van der Waals surface area contributed by atoms with Gasteiger partial charge in [0.05, 0.1) is 6.61 Å². The molecule has 0 aliphatic rings. The van der Waals surface area contributed by atoms with Crippen molar-refractivity contribution < 1.29 is 9.53 Å². The number of rotatable bonds is 4. The third-order valence-electron chi connectivity index (χ3n) is 3.87. The van der Waals surface area contributed by atoms with Gasteiger partial charge in [0.1, 0.15) is 0 Å². The van der Waals surface area contributed by atoms with Crippen LogP contribution in [0.5, 0.6) is 0 Å². The summed E-state index contributed by atoms with van der Waals surface area (Å²) >= 11 is 0. The van der Waals surface area contributed by atoms with E-state index in [-0.39, 0.29) is 5.97 Å². The highest BCUT2D eigenvalue weighted by molar-refractivity contribution is 6.09. The molecular weight excluding hydrogens is 274 g/mol. The van der Waals surface area contributed by atoms with E-state index in [1.165, 1.54) is 16.3 Å². The molecule has 0 aromatic heterocycles. The molecular formula is C19H19NO2. The van der Waals surface area contributed by atoms with Crippen LogP contribution in [0.25, 0.3) is 21.5 Å². The normalized spacial score (nSPS) is 11.0. The average molecular weight is 293 g/mol. The number of benzene rings is 3. The van der Waals surface area contributed by atoms with Crippen LogP contribution in [0.15, 0.2) is 48.5 Å². The van der Waals surface area contributed by atoms with E-state index < -0.39 is 0 Å². The molecule has 0 bridgehead atoms. The molecule has 0 amide bonds. The fraction of sp³-hybridized carbons (Fsp3) is 0.211. The van der Waals surface area contributed by atoms with E-state index in [1.807, 2.05) is 37.3 Å². The minimum absolute atomic E-state index is 0.149. The van der Waals surface area contributed by atoms with Gasteiger partial charge in [0.2, 0.25) is 0 Å². The summed E-state index contributed by atoms with van der Waals surface area (Å²) in [5.41, 5.74) is 7.85. The van der Waals surface area contributed by atoms with Gasteiger partial charge in [-0.15, -0.1) is 0 Å². The lowest BCUT2D eigenvalue weighted by atomic mass is 9.95. The van der Waals surface area contributed by atoms with Crippen molar-refractivity contribution >= 4 is 33.2 Å². The number of carbonyl (C=O) groups is 1. The zero-order valence-electron chi connectivity index (χ0n) is 12.6. The number of aryl methyl sites for hydroxylation is 1. The number of hydrogen-bond acceptors (Lipinski definition) is 3. The molecule has 0 spiro atoms. The third-order valence-corrected chi connectivity index (χ3v) is 3.87. The van der Waals surface area contributed by atoms with Gasteiger partial charge >= 0.3 is 5.97 Å². The van der Waals surface area contributed by atoms with E-state index in [0.29, 0.717) is 19.4 Å². The maximum absolute atomic E-state index is 11.6. The molecule has 0 fully saturated rings. The van der Waals surface area contributed by atoms with Crippen molar-refractivity contribution in [3.8, 4) is 0 Å². The summed E-state index contributed by atoms with van der Waals surface area (Å²) in [5.74, 6) is -0.149. The van der Waals surface area contributed by atoms with Crippen LogP contribution in [0.3, 0.4) is 0 Å². The molecule has 3 aromatic rings. The summed E-state index contributed by atoms with van der Waals surface area (Å²) in [6.45, 7) is 2.25. The van der Waals surface area contributed by atoms with Crippen LogP contribution < -0.4 is 5.73 Å². The minimum atomic E-state index is -0.149.